The molecule has 2 heteroatoms. The second kappa shape index (κ2) is 8.98. The molecule has 0 bridgehead atoms. The fourth-order valence-electron chi connectivity index (χ4n) is 2.14. The maximum absolute atomic E-state index is 5.48. The van der Waals surface area contributed by atoms with Crippen LogP contribution in [0.25, 0.3) is 0 Å². The lowest BCUT2D eigenvalue weighted by molar-refractivity contribution is 0.616. The summed E-state index contributed by atoms with van der Waals surface area (Å²) >= 11 is 0. The second-order valence-corrected chi connectivity index (χ2v) is 5.00. The lowest BCUT2D eigenvalue weighted by Gasteiger charge is -2.19. The SMILES string of the molecule is CCc1ccc(N(C)CCCCCCCN)cc1. The summed E-state index contributed by atoms with van der Waals surface area (Å²) < 4.78 is 0. The molecule has 0 atom stereocenters. The fourth-order valence-corrected chi connectivity index (χ4v) is 2.14. The van der Waals surface area contributed by atoms with Gasteiger partial charge in [0.2, 0.25) is 0 Å². The van der Waals surface area contributed by atoms with E-state index in [9.17, 15) is 0 Å². The number of nitrogens with zero attached hydrogens (tertiary/aromatic N) is 1. The summed E-state index contributed by atoms with van der Waals surface area (Å²) in [6.45, 7) is 4.18. The Morgan fingerprint density at radius 1 is 0.944 bits per heavy atom. The molecule has 0 saturated carbocycles. The van der Waals surface area contributed by atoms with E-state index in [-0.39, 0.29) is 0 Å². The van der Waals surface area contributed by atoms with E-state index in [1.54, 1.807) is 0 Å². The molecule has 0 aromatic heterocycles. The molecule has 1 rings (SSSR count). The summed E-state index contributed by atoms with van der Waals surface area (Å²) in [6.07, 6.45) is 7.48. The zero-order valence-electron chi connectivity index (χ0n) is 12.0. The number of hydrogen-bond acceptors (Lipinski definition) is 2. The van der Waals surface area contributed by atoms with Gasteiger partial charge in [-0.1, -0.05) is 38.3 Å². The van der Waals surface area contributed by atoms with Gasteiger partial charge in [0.1, 0.15) is 0 Å². The number of rotatable bonds is 9. The lowest BCUT2D eigenvalue weighted by atomic mass is 10.1. The lowest BCUT2D eigenvalue weighted by Crippen LogP contribution is -2.18. The van der Waals surface area contributed by atoms with Crippen molar-refractivity contribution in [1.29, 1.82) is 0 Å². The summed E-state index contributed by atoms with van der Waals surface area (Å²) in [5.41, 5.74) is 8.22. The molecule has 0 heterocycles. The third kappa shape index (κ3) is 5.54. The van der Waals surface area contributed by atoms with Crippen LogP contribution in [0.1, 0.15) is 44.6 Å². The Kier molecular flexibility index (Phi) is 7.51. The van der Waals surface area contributed by atoms with Gasteiger partial charge in [0.15, 0.2) is 0 Å². The first-order chi connectivity index (χ1) is 8.77. The molecule has 2 N–H and O–H groups in total. The molecule has 2 nitrogen and oxygen atoms in total. The van der Waals surface area contributed by atoms with E-state index in [1.165, 1.54) is 43.4 Å². The van der Waals surface area contributed by atoms with Gasteiger partial charge in [-0.2, -0.15) is 0 Å². The predicted octanol–water partition coefficient (Wildman–Crippen LogP) is 3.59. The molecular formula is C16H28N2. The quantitative estimate of drug-likeness (QED) is 0.677. The summed E-state index contributed by atoms with van der Waals surface area (Å²) in [6, 6.07) is 8.92. The van der Waals surface area contributed by atoms with Crippen molar-refractivity contribution in [2.75, 3.05) is 25.0 Å². The number of aryl methyl sites for hydroxylation is 1. The van der Waals surface area contributed by atoms with Crippen LogP contribution in [0.15, 0.2) is 24.3 Å². The third-order valence-corrected chi connectivity index (χ3v) is 3.48. The van der Waals surface area contributed by atoms with E-state index in [4.69, 9.17) is 5.73 Å². The van der Waals surface area contributed by atoms with Crippen LogP contribution in [0, 0.1) is 0 Å². The van der Waals surface area contributed by atoms with Crippen LogP contribution in [-0.2, 0) is 6.42 Å². The standard InChI is InChI=1S/C16H28N2/c1-3-15-9-11-16(12-10-15)18(2)14-8-6-4-5-7-13-17/h9-12H,3-8,13-14,17H2,1-2H3. The van der Waals surface area contributed by atoms with Crippen LogP contribution < -0.4 is 10.6 Å². The first kappa shape index (κ1) is 15.0. The minimum absolute atomic E-state index is 0.837. The van der Waals surface area contributed by atoms with E-state index in [0.29, 0.717) is 0 Å². The van der Waals surface area contributed by atoms with Crippen LogP contribution in [0.4, 0.5) is 5.69 Å². The molecule has 0 radical (unpaired) electrons. The number of benzene rings is 1. The van der Waals surface area contributed by atoms with Gasteiger partial charge in [-0.15, -0.1) is 0 Å². The molecule has 102 valence electrons. The highest BCUT2D eigenvalue weighted by Gasteiger charge is 2.00. The Hall–Kier alpha value is -1.02. The fraction of sp³-hybridized carbons (Fsp3) is 0.625. The van der Waals surface area contributed by atoms with Gasteiger partial charge in [0.25, 0.3) is 0 Å². The number of unbranched alkanes of at least 4 members (excludes halogenated alkanes) is 4. The maximum Gasteiger partial charge on any atom is 0.0363 e. The molecule has 0 amide bonds. The van der Waals surface area contributed by atoms with Crippen molar-refractivity contribution < 1.29 is 0 Å². The van der Waals surface area contributed by atoms with Crippen molar-refractivity contribution in [2.24, 2.45) is 5.73 Å². The van der Waals surface area contributed by atoms with Crippen LogP contribution in [0.3, 0.4) is 0 Å². The summed E-state index contributed by atoms with van der Waals surface area (Å²) in [7, 11) is 2.18. The Labute approximate surface area is 112 Å². The zero-order chi connectivity index (χ0) is 13.2. The van der Waals surface area contributed by atoms with Gasteiger partial charge in [0, 0.05) is 19.3 Å². The van der Waals surface area contributed by atoms with E-state index in [0.717, 1.165) is 19.5 Å². The first-order valence-electron chi connectivity index (χ1n) is 7.28. The highest BCUT2D eigenvalue weighted by molar-refractivity contribution is 5.46. The summed E-state index contributed by atoms with van der Waals surface area (Å²) in [5.74, 6) is 0. The van der Waals surface area contributed by atoms with Crippen molar-refractivity contribution in [3.05, 3.63) is 29.8 Å². The smallest absolute Gasteiger partial charge is 0.0363 e. The summed E-state index contributed by atoms with van der Waals surface area (Å²) in [5, 5.41) is 0. The molecule has 0 aliphatic heterocycles. The van der Waals surface area contributed by atoms with Crippen molar-refractivity contribution in [1.82, 2.24) is 0 Å². The van der Waals surface area contributed by atoms with Crippen molar-refractivity contribution in [3.63, 3.8) is 0 Å². The van der Waals surface area contributed by atoms with E-state index in [1.807, 2.05) is 0 Å². The Morgan fingerprint density at radius 2 is 1.56 bits per heavy atom. The van der Waals surface area contributed by atoms with Crippen LogP contribution in [0.2, 0.25) is 0 Å². The Morgan fingerprint density at radius 3 is 2.17 bits per heavy atom. The average Bonchev–Trinajstić information content (AvgIpc) is 2.42. The topological polar surface area (TPSA) is 29.3 Å². The van der Waals surface area contributed by atoms with Gasteiger partial charge in [-0.3, -0.25) is 0 Å². The zero-order valence-corrected chi connectivity index (χ0v) is 12.0. The Bertz CT molecular complexity index is 305. The highest BCUT2D eigenvalue weighted by atomic mass is 15.1. The largest absolute Gasteiger partial charge is 0.375 e. The van der Waals surface area contributed by atoms with Crippen LogP contribution >= 0.6 is 0 Å². The van der Waals surface area contributed by atoms with Crippen molar-refractivity contribution in [2.45, 2.75) is 45.4 Å². The third-order valence-electron chi connectivity index (χ3n) is 3.48. The molecule has 18 heavy (non-hydrogen) atoms. The van der Waals surface area contributed by atoms with Gasteiger partial charge in [-0.05, 0) is 43.5 Å². The van der Waals surface area contributed by atoms with Crippen LogP contribution in [-0.4, -0.2) is 20.1 Å². The second-order valence-electron chi connectivity index (χ2n) is 5.00. The minimum Gasteiger partial charge on any atom is -0.375 e. The molecule has 0 fully saturated rings. The van der Waals surface area contributed by atoms with Gasteiger partial charge < -0.3 is 10.6 Å². The van der Waals surface area contributed by atoms with E-state index in [2.05, 4.69) is 43.1 Å². The monoisotopic (exact) mass is 248 g/mol. The van der Waals surface area contributed by atoms with Gasteiger partial charge in [-0.25, -0.2) is 0 Å². The molecule has 0 unspecified atom stereocenters. The van der Waals surface area contributed by atoms with Crippen molar-refractivity contribution >= 4 is 5.69 Å². The average molecular weight is 248 g/mol. The molecule has 1 aromatic rings. The summed E-state index contributed by atoms with van der Waals surface area (Å²) in [4.78, 5) is 2.35. The van der Waals surface area contributed by atoms with Crippen LogP contribution in [0.5, 0.6) is 0 Å². The van der Waals surface area contributed by atoms with E-state index >= 15 is 0 Å². The molecule has 0 aliphatic rings. The van der Waals surface area contributed by atoms with Gasteiger partial charge >= 0.3 is 0 Å². The molecule has 1 aromatic carbocycles. The van der Waals surface area contributed by atoms with E-state index < -0.39 is 0 Å². The number of hydrogen-bond donors (Lipinski definition) is 1. The maximum atomic E-state index is 5.48. The minimum atomic E-state index is 0.837. The normalized spacial score (nSPS) is 10.6. The number of nitrogens with two attached hydrogens (primary N) is 1. The molecular weight excluding hydrogens is 220 g/mol. The number of anilines is 1. The molecule has 0 aliphatic carbocycles. The first-order valence-corrected chi connectivity index (χ1v) is 7.28. The van der Waals surface area contributed by atoms with Crippen molar-refractivity contribution in [3.8, 4) is 0 Å². The Balaban J connectivity index is 2.21. The van der Waals surface area contributed by atoms with Gasteiger partial charge in [0.05, 0.1) is 0 Å². The predicted molar refractivity (Wildman–Crippen MR) is 81.2 cm³/mol. The molecule has 0 spiro atoms. The molecule has 0 saturated heterocycles. The highest BCUT2D eigenvalue weighted by Crippen LogP contribution is 2.15.